The number of hydrazone groups is 1. The third-order valence-corrected chi connectivity index (χ3v) is 4.33. The van der Waals surface area contributed by atoms with E-state index in [4.69, 9.17) is 0 Å². The number of fused-ring (bicyclic) bond motifs is 1. The molecule has 2 aliphatic rings. The lowest BCUT2D eigenvalue weighted by Gasteiger charge is -2.30. The summed E-state index contributed by atoms with van der Waals surface area (Å²) in [4.78, 5) is 53.1. The maximum absolute atomic E-state index is 12.3. The van der Waals surface area contributed by atoms with Crippen LogP contribution in [0, 0.1) is 0 Å². The zero-order valence-electron chi connectivity index (χ0n) is 14.9. The average Bonchev–Trinajstić information content (AvgIpc) is 2.96. The van der Waals surface area contributed by atoms with Crippen LogP contribution in [0.4, 0.5) is 4.79 Å². The van der Waals surface area contributed by atoms with Crippen LogP contribution in [0.1, 0.15) is 5.56 Å². The molecule has 0 aromatic carbocycles. The molecule has 1 aromatic heterocycles. The minimum Gasteiger partial charge on any atom is -0.859 e. The number of amidine groups is 1. The van der Waals surface area contributed by atoms with Crippen LogP contribution in [-0.2, 0) is 11.8 Å². The highest BCUT2D eigenvalue weighted by Crippen LogP contribution is 2.15. The van der Waals surface area contributed by atoms with E-state index in [-0.39, 0.29) is 17.4 Å². The van der Waals surface area contributed by atoms with Crippen LogP contribution in [0.15, 0.2) is 14.7 Å². The third kappa shape index (κ3) is 2.66. The van der Waals surface area contributed by atoms with E-state index in [0.29, 0.717) is 0 Å². The second-order valence-corrected chi connectivity index (χ2v) is 5.95. The summed E-state index contributed by atoms with van der Waals surface area (Å²) < 4.78 is 4.93. The van der Waals surface area contributed by atoms with E-state index in [1.165, 1.54) is 30.9 Å². The number of carbonyl (C=O) groups is 2. The quantitative estimate of drug-likeness (QED) is 0.300. The molecule has 2 N–H and O–H groups in total. The lowest BCUT2D eigenvalue weighted by Crippen LogP contribution is -2.63. The fourth-order valence-corrected chi connectivity index (χ4v) is 2.67. The average molecular weight is 376 g/mol. The molecule has 3 amide bonds. The second kappa shape index (κ2) is 6.14. The number of aromatic nitrogens is 2. The van der Waals surface area contributed by atoms with Gasteiger partial charge >= 0.3 is 23.5 Å². The van der Waals surface area contributed by atoms with Crippen LogP contribution < -0.4 is 26.4 Å². The van der Waals surface area contributed by atoms with Crippen molar-refractivity contribution in [2.45, 2.75) is 6.04 Å². The first-order valence-corrected chi connectivity index (χ1v) is 7.68. The number of rotatable bonds is 2. The highest BCUT2D eigenvalue weighted by atomic mass is 16.3. The van der Waals surface area contributed by atoms with E-state index in [0.717, 1.165) is 15.7 Å². The van der Waals surface area contributed by atoms with Gasteiger partial charge in [0.1, 0.15) is 0 Å². The van der Waals surface area contributed by atoms with Crippen LogP contribution in [0.5, 0.6) is 5.88 Å². The molecule has 0 saturated carbocycles. The van der Waals surface area contributed by atoms with Gasteiger partial charge in [-0.25, -0.2) is 24.1 Å². The molecule has 3 rings (SSSR count). The Kier molecular flexibility index (Phi) is 4.08. The first kappa shape index (κ1) is 17.9. The van der Waals surface area contributed by atoms with Crippen molar-refractivity contribution in [3.8, 4) is 5.88 Å². The molecular weight excluding hydrogens is 360 g/mol. The predicted octanol–water partition coefficient (Wildman–Crippen LogP) is -4.27. The molecule has 142 valence electrons. The van der Waals surface area contributed by atoms with Gasteiger partial charge in [0.25, 0.3) is 11.5 Å². The van der Waals surface area contributed by atoms with Gasteiger partial charge < -0.3 is 9.67 Å². The molecule has 2 aliphatic heterocycles. The number of hydrogen-bond acceptors (Lipinski definition) is 8. The molecular formula is C14H16N8O5. The fraction of sp³-hybridized carbons (Fsp3) is 0.357. The van der Waals surface area contributed by atoms with Gasteiger partial charge in [-0.3, -0.25) is 19.5 Å². The summed E-state index contributed by atoms with van der Waals surface area (Å²) in [6, 6.07) is -1.31. The monoisotopic (exact) mass is 376 g/mol. The molecule has 1 fully saturated rings. The number of likely N-dealkylation sites (N-methyl/N-ethyl adjacent to an activating group) is 3. The number of nitrogens with zero attached hydrogens (tertiary/aromatic N) is 6. The van der Waals surface area contributed by atoms with E-state index >= 15 is 0 Å². The third-order valence-electron chi connectivity index (χ3n) is 4.33. The second-order valence-electron chi connectivity index (χ2n) is 5.95. The van der Waals surface area contributed by atoms with Gasteiger partial charge in [0.2, 0.25) is 6.04 Å². The minimum absolute atomic E-state index is 0.142. The predicted molar refractivity (Wildman–Crippen MR) is 92.1 cm³/mol. The van der Waals surface area contributed by atoms with Crippen LogP contribution in [0.2, 0.25) is 0 Å². The fourth-order valence-electron chi connectivity index (χ4n) is 2.67. The summed E-state index contributed by atoms with van der Waals surface area (Å²) in [5.41, 5.74) is 0.482. The van der Waals surface area contributed by atoms with Crippen molar-refractivity contribution in [3.63, 3.8) is 0 Å². The van der Waals surface area contributed by atoms with Gasteiger partial charge in [-0.1, -0.05) is 0 Å². The van der Waals surface area contributed by atoms with E-state index in [1.54, 1.807) is 7.05 Å². The number of carbonyl (C=O) groups excluding carboxylic acids is 2. The summed E-state index contributed by atoms with van der Waals surface area (Å²) in [5, 5.41) is 15.7. The number of aromatic amines is 1. The first-order valence-electron chi connectivity index (χ1n) is 7.68. The Morgan fingerprint density at radius 3 is 2.48 bits per heavy atom. The molecule has 0 radical (unpaired) electrons. The van der Waals surface area contributed by atoms with Gasteiger partial charge in [-0.2, -0.15) is 5.43 Å². The van der Waals surface area contributed by atoms with Crippen molar-refractivity contribution in [2.24, 2.45) is 12.1 Å². The van der Waals surface area contributed by atoms with Crippen LogP contribution in [0.25, 0.3) is 0 Å². The summed E-state index contributed by atoms with van der Waals surface area (Å²) in [6.45, 7) is 0. The number of urea groups is 1. The maximum atomic E-state index is 12.3. The summed E-state index contributed by atoms with van der Waals surface area (Å²) in [7, 11) is 5.66. The van der Waals surface area contributed by atoms with Crippen molar-refractivity contribution >= 4 is 29.9 Å². The lowest BCUT2D eigenvalue weighted by molar-refractivity contribution is -0.279. The lowest BCUT2D eigenvalue weighted by atomic mass is 10.1. The molecule has 1 atom stereocenters. The number of H-pyrrole nitrogens is 1. The smallest absolute Gasteiger partial charge is 0.421 e. The Morgan fingerprint density at radius 1 is 1.15 bits per heavy atom. The summed E-state index contributed by atoms with van der Waals surface area (Å²) in [5.74, 6) is -0.881. The Balaban J connectivity index is 1.89. The van der Waals surface area contributed by atoms with Gasteiger partial charge in [-0.15, -0.1) is 5.10 Å². The minimum atomic E-state index is -0.874. The van der Waals surface area contributed by atoms with E-state index in [9.17, 15) is 24.3 Å². The number of amides is 3. The number of imide groups is 1. The first-order chi connectivity index (χ1) is 12.6. The molecule has 0 spiro atoms. The van der Waals surface area contributed by atoms with Gasteiger partial charge in [0.05, 0.1) is 18.8 Å². The van der Waals surface area contributed by atoms with Crippen LogP contribution in [-0.4, -0.2) is 81.4 Å². The SMILES string of the molecule is CN1C(=O)C2C(=[N+]=C(N/N=C/c3c([O-])n(C)c(=O)[nH]c3=O)N2C)N(C)C1=O. The highest BCUT2D eigenvalue weighted by Gasteiger charge is 2.53. The molecule has 3 heterocycles. The standard InChI is InChI=1S/C14H16N8O5/c1-19-7-8(20(2)14(27)22(4)11(7)25)16-12(19)18-15-5-6-9(23)17-13(26)21(3)10(6)24/h5,7H,1-4H3,(H2,15,17,23,24,26). The molecule has 1 aromatic rings. The molecule has 1 unspecified atom stereocenters. The zero-order valence-corrected chi connectivity index (χ0v) is 14.9. The summed E-state index contributed by atoms with van der Waals surface area (Å²) >= 11 is 0. The normalized spacial score (nSPS) is 19.6. The number of guanidine groups is 1. The summed E-state index contributed by atoms with van der Waals surface area (Å²) in [6.07, 6.45) is 0.951. The Morgan fingerprint density at radius 2 is 1.81 bits per heavy atom. The number of nitrogens with one attached hydrogen (secondary N) is 2. The highest BCUT2D eigenvalue weighted by molar-refractivity contribution is 6.23. The van der Waals surface area contributed by atoms with Crippen molar-refractivity contribution in [1.29, 1.82) is 0 Å². The molecule has 27 heavy (non-hydrogen) atoms. The zero-order chi connectivity index (χ0) is 20.0. The van der Waals surface area contributed by atoms with Crippen LogP contribution in [0.3, 0.4) is 0 Å². The van der Waals surface area contributed by atoms with Gasteiger partial charge in [0, 0.05) is 21.1 Å². The van der Waals surface area contributed by atoms with Crippen molar-refractivity contribution in [1.82, 2.24) is 34.3 Å². The van der Waals surface area contributed by atoms with E-state index < -0.39 is 35.1 Å². The topological polar surface area (TPSA) is 160 Å². The Labute approximate surface area is 151 Å². The molecule has 13 nitrogen and oxygen atoms in total. The number of hydrogen-bond donors (Lipinski definition) is 2. The van der Waals surface area contributed by atoms with Gasteiger partial charge in [-0.05, 0) is 5.88 Å². The van der Waals surface area contributed by atoms with Crippen molar-refractivity contribution in [2.75, 3.05) is 21.1 Å². The largest absolute Gasteiger partial charge is 0.859 e. The van der Waals surface area contributed by atoms with Crippen molar-refractivity contribution in [3.05, 3.63) is 26.4 Å². The molecule has 13 heteroatoms. The van der Waals surface area contributed by atoms with E-state index in [1.807, 2.05) is 4.98 Å². The van der Waals surface area contributed by atoms with E-state index in [2.05, 4.69) is 15.2 Å². The van der Waals surface area contributed by atoms with Crippen LogP contribution >= 0.6 is 0 Å². The molecule has 0 bridgehead atoms. The van der Waals surface area contributed by atoms with Crippen molar-refractivity contribution < 1.29 is 14.7 Å². The molecule has 1 saturated heterocycles. The maximum Gasteiger partial charge on any atom is 0.421 e. The Bertz CT molecular complexity index is 1060. The Hall–Kier alpha value is -3.86. The molecule has 0 aliphatic carbocycles. The van der Waals surface area contributed by atoms with Gasteiger partial charge in [0.15, 0.2) is 0 Å².